The van der Waals surface area contributed by atoms with Gasteiger partial charge in [-0.1, -0.05) is 24.3 Å². The third kappa shape index (κ3) is 6.73. The van der Waals surface area contributed by atoms with Gasteiger partial charge >= 0.3 is 0 Å². The predicted molar refractivity (Wildman–Crippen MR) is 115 cm³/mol. The fourth-order valence-electron chi connectivity index (χ4n) is 3.26. The Kier molecular flexibility index (Phi) is 8.27. The van der Waals surface area contributed by atoms with Gasteiger partial charge in [-0.15, -0.1) is 0 Å². The van der Waals surface area contributed by atoms with Gasteiger partial charge in [0, 0.05) is 52.0 Å². The number of hydrogen-bond acceptors (Lipinski definition) is 5. The van der Waals surface area contributed by atoms with E-state index in [1.54, 1.807) is 13.2 Å². The van der Waals surface area contributed by atoms with Gasteiger partial charge in [0.05, 0.1) is 19.8 Å². The molecule has 29 heavy (non-hydrogen) atoms. The zero-order valence-corrected chi connectivity index (χ0v) is 17.4. The van der Waals surface area contributed by atoms with E-state index in [-0.39, 0.29) is 0 Å². The highest BCUT2D eigenvalue weighted by molar-refractivity contribution is 5.79. The van der Waals surface area contributed by atoms with Crippen LogP contribution in [-0.2, 0) is 24.4 Å². The molecule has 0 radical (unpaired) electrons. The van der Waals surface area contributed by atoms with Crippen molar-refractivity contribution < 1.29 is 9.47 Å². The summed E-state index contributed by atoms with van der Waals surface area (Å²) in [5.74, 6) is 1.41. The number of pyridine rings is 1. The van der Waals surface area contributed by atoms with Crippen molar-refractivity contribution in [1.82, 2.24) is 20.5 Å². The zero-order valence-electron chi connectivity index (χ0n) is 17.4. The van der Waals surface area contributed by atoms with E-state index in [9.17, 15) is 0 Å². The first kappa shape index (κ1) is 21.1. The predicted octanol–water partition coefficient (Wildman–Crippen LogP) is 2.18. The van der Waals surface area contributed by atoms with Gasteiger partial charge in [-0.2, -0.15) is 0 Å². The average molecular weight is 398 g/mol. The lowest BCUT2D eigenvalue weighted by Crippen LogP contribution is -2.37. The lowest BCUT2D eigenvalue weighted by molar-refractivity contribution is 0.0341. The van der Waals surface area contributed by atoms with Crippen molar-refractivity contribution in [3.8, 4) is 5.88 Å². The Morgan fingerprint density at radius 1 is 1.14 bits per heavy atom. The van der Waals surface area contributed by atoms with Crippen LogP contribution >= 0.6 is 0 Å². The fourth-order valence-corrected chi connectivity index (χ4v) is 3.26. The quantitative estimate of drug-likeness (QED) is 0.526. The van der Waals surface area contributed by atoms with E-state index in [1.807, 2.05) is 19.1 Å². The minimum atomic E-state index is 0.608. The lowest BCUT2D eigenvalue weighted by atomic mass is 10.1. The van der Waals surface area contributed by atoms with Gasteiger partial charge in [-0.05, 0) is 29.7 Å². The van der Waals surface area contributed by atoms with Crippen LogP contribution in [0.5, 0.6) is 5.88 Å². The summed E-state index contributed by atoms with van der Waals surface area (Å²) in [5.41, 5.74) is 3.72. The maximum absolute atomic E-state index is 5.46. The number of guanidine groups is 1. The normalized spacial score (nSPS) is 15.2. The third-order valence-corrected chi connectivity index (χ3v) is 4.84. The van der Waals surface area contributed by atoms with Gasteiger partial charge < -0.3 is 20.1 Å². The molecule has 2 heterocycles. The summed E-state index contributed by atoms with van der Waals surface area (Å²) in [6, 6.07) is 12.5. The van der Waals surface area contributed by atoms with Gasteiger partial charge in [-0.3, -0.25) is 9.89 Å². The molecule has 0 spiro atoms. The summed E-state index contributed by atoms with van der Waals surface area (Å²) in [6.45, 7) is 8.49. The molecule has 0 bridgehead atoms. The van der Waals surface area contributed by atoms with Crippen molar-refractivity contribution in [1.29, 1.82) is 0 Å². The number of hydrogen-bond donors (Lipinski definition) is 2. The van der Waals surface area contributed by atoms with Crippen LogP contribution in [0.3, 0.4) is 0 Å². The van der Waals surface area contributed by atoms with E-state index in [0.717, 1.165) is 50.9 Å². The molecule has 0 atom stereocenters. The highest BCUT2D eigenvalue weighted by atomic mass is 16.5. The molecule has 1 aliphatic heterocycles. The number of ether oxygens (including phenoxy) is 2. The van der Waals surface area contributed by atoms with E-state index >= 15 is 0 Å². The Balaban J connectivity index is 1.53. The maximum atomic E-state index is 5.46. The lowest BCUT2D eigenvalue weighted by Gasteiger charge is -2.27. The second-order valence-electron chi connectivity index (χ2n) is 6.87. The molecule has 1 aromatic heterocycles. The molecule has 1 aromatic carbocycles. The highest BCUT2D eigenvalue weighted by Crippen LogP contribution is 2.13. The first-order chi connectivity index (χ1) is 14.3. The first-order valence-electron chi connectivity index (χ1n) is 10.2. The fraction of sp³-hybridized carbons (Fsp3) is 0.455. The van der Waals surface area contributed by atoms with Crippen molar-refractivity contribution in [2.45, 2.75) is 26.6 Å². The molecule has 3 rings (SSSR count). The second-order valence-corrected chi connectivity index (χ2v) is 6.87. The van der Waals surface area contributed by atoms with E-state index in [1.165, 1.54) is 11.1 Å². The number of nitrogens with one attached hydrogen (secondary N) is 2. The number of aliphatic imine (C=N–C) groups is 1. The molecule has 7 heteroatoms. The maximum Gasteiger partial charge on any atom is 0.213 e. The summed E-state index contributed by atoms with van der Waals surface area (Å²) in [5, 5.41) is 6.78. The molecule has 0 aliphatic carbocycles. The van der Waals surface area contributed by atoms with Crippen LogP contribution in [0, 0.1) is 0 Å². The molecule has 0 unspecified atom stereocenters. The minimum absolute atomic E-state index is 0.608. The SMILES string of the molecule is CCOc1cc(CNC(=NC)NCc2ccccc2CN2CCOCC2)ccn1. The van der Waals surface area contributed by atoms with Crippen LogP contribution in [0.2, 0.25) is 0 Å². The number of rotatable bonds is 8. The van der Waals surface area contributed by atoms with Gasteiger partial charge in [0.2, 0.25) is 5.88 Å². The van der Waals surface area contributed by atoms with Gasteiger partial charge in [-0.25, -0.2) is 4.98 Å². The summed E-state index contributed by atoms with van der Waals surface area (Å²) >= 11 is 0. The second kappa shape index (κ2) is 11.4. The number of nitrogens with zero attached hydrogens (tertiary/aromatic N) is 3. The topological polar surface area (TPSA) is 71.0 Å². The zero-order chi connectivity index (χ0) is 20.3. The van der Waals surface area contributed by atoms with Gasteiger partial charge in [0.15, 0.2) is 5.96 Å². The molecule has 1 saturated heterocycles. The van der Waals surface area contributed by atoms with Crippen molar-refractivity contribution in [3.05, 3.63) is 59.3 Å². The summed E-state index contributed by atoms with van der Waals surface area (Å²) in [7, 11) is 1.78. The molecular weight excluding hydrogens is 366 g/mol. The Bertz CT molecular complexity index is 790. The standard InChI is InChI=1S/C22H31N5O2/c1-3-29-21-14-18(8-9-24-21)15-25-22(23-2)26-16-19-6-4-5-7-20(19)17-27-10-12-28-13-11-27/h4-9,14H,3,10-13,15-17H2,1-2H3,(H2,23,25,26). The Morgan fingerprint density at radius 2 is 1.90 bits per heavy atom. The molecule has 2 aromatic rings. The summed E-state index contributed by atoms with van der Waals surface area (Å²) < 4.78 is 10.9. The number of benzene rings is 1. The first-order valence-corrected chi connectivity index (χ1v) is 10.2. The molecule has 1 fully saturated rings. The largest absolute Gasteiger partial charge is 0.478 e. The molecule has 0 amide bonds. The van der Waals surface area contributed by atoms with Crippen LogP contribution in [-0.4, -0.2) is 55.8 Å². The molecule has 156 valence electrons. The van der Waals surface area contributed by atoms with E-state index in [4.69, 9.17) is 9.47 Å². The summed E-state index contributed by atoms with van der Waals surface area (Å²) in [6.07, 6.45) is 1.76. The molecule has 0 saturated carbocycles. The molecule has 7 nitrogen and oxygen atoms in total. The highest BCUT2D eigenvalue weighted by Gasteiger charge is 2.12. The van der Waals surface area contributed by atoms with Crippen LogP contribution in [0.1, 0.15) is 23.6 Å². The van der Waals surface area contributed by atoms with Crippen molar-refractivity contribution in [2.75, 3.05) is 40.0 Å². The van der Waals surface area contributed by atoms with E-state index in [2.05, 4.69) is 49.8 Å². The van der Waals surface area contributed by atoms with Crippen LogP contribution in [0.25, 0.3) is 0 Å². The average Bonchev–Trinajstić information content (AvgIpc) is 2.76. The Hall–Kier alpha value is -2.64. The third-order valence-electron chi connectivity index (χ3n) is 4.84. The summed E-state index contributed by atoms with van der Waals surface area (Å²) in [4.78, 5) is 11.0. The van der Waals surface area contributed by atoms with Crippen molar-refractivity contribution in [3.63, 3.8) is 0 Å². The monoisotopic (exact) mass is 397 g/mol. The van der Waals surface area contributed by atoms with Crippen molar-refractivity contribution in [2.24, 2.45) is 4.99 Å². The van der Waals surface area contributed by atoms with Crippen LogP contribution in [0.4, 0.5) is 0 Å². The molecule has 1 aliphatic rings. The van der Waals surface area contributed by atoms with Crippen LogP contribution in [0.15, 0.2) is 47.6 Å². The van der Waals surface area contributed by atoms with E-state index < -0.39 is 0 Å². The Morgan fingerprint density at radius 3 is 2.66 bits per heavy atom. The molecular formula is C22H31N5O2. The number of morpholine rings is 1. The van der Waals surface area contributed by atoms with Gasteiger partial charge in [0.1, 0.15) is 0 Å². The molecule has 2 N–H and O–H groups in total. The van der Waals surface area contributed by atoms with Crippen molar-refractivity contribution >= 4 is 5.96 Å². The van der Waals surface area contributed by atoms with Crippen LogP contribution < -0.4 is 15.4 Å². The smallest absolute Gasteiger partial charge is 0.213 e. The van der Waals surface area contributed by atoms with E-state index in [0.29, 0.717) is 19.0 Å². The van der Waals surface area contributed by atoms with Gasteiger partial charge in [0.25, 0.3) is 0 Å². The Labute approximate surface area is 173 Å². The number of aromatic nitrogens is 1. The minimum Gasteiger partial charge on any atom is -0.478 e.